The van der Waals surface area contributed by atoms with Gasteiger partial charge < -0.3 is 4.79 Å². The van der Waals surface area contributed by atoms with Gasteiger partial charge in [0.25, 0.3) is 0 Å². The molecule has 0 unspecified atom stereocenters. The number of hydrogen-bond acceptors (Lipinski definition) is 2. The van der Waals surface area contributed by atoms with Crippen molar-refractivity contribution in [1.29, 1.82) is 0 Å². The summed E-state index contributed by atoms with van der Waals surface area (Å²) in [6.07, 6.45) is 8.10. The standard InChI is InChI=1S/C13H13NO/c1-2-11(9-15)14-13-8-7-10-5-3-4-6-12(10)13/h1,3-6,9,11,13-14H,7-8H2/t11-,13-/m1/s1. The van der Waals surface area contributed by atoms with Gasteiger partial charge in [0.1, 0.15) is 12.3 Å². The van der Waals surface area contributed by atoms with Crippen LogP contribution in [-0.4, -0.2) is 12.3 Å². The highest BCUT2D eigenvalue weighted by atomic mass is 16.1. The van der Waals surface area contributed by atoms with E-state index in [9.17, 15) is 4.79 Å². The van der Waals surface area contributed by atoms with Crippen molar-refractivity contribution in [1.82, 2.24) is 5.32 Å². The van der Waals surface area contributed by atoms with Gasteiger partial charge in [-0.15, -0.1) is 6.42 Å². The van der Waals surface area contributed by atoms with Crippen LogP contribution in [0.4, 0.5) is 0 Å². The Labute approximate surface area is 89.7 Å². The fraction of sp³-hybridized carbons (Fsp3) is 0.308. The maximum Gasteiger partial charge on any atom is 0.149 e. The summed E-state index contributed by atoms with van der Waals surface area (Å²) in [6, 6.07) is 8.04. The largest absolute Gasteiger partial charge is 0.301 e. The van der Waals surface area contributed by atoms with Gasteiger partial charge in [0, 0.05) is 6.04 Å². The smallest absolute Gasteiger partial charge is 0.149 e. The maximum atomic E-state index is 10.6. The van der Waals surface area contributed by atoms with Gasteiger partial charge >= 0.3 is 0 Å². The van der Waals surface area contributed by atoms with Crippen LogP contribution in [0, 0.1) is 12.3 Å². The third-order valence-corrected chi connectivity index (χ3v) is 2.83. The van der Waals surface area contributed by atoms with Crippen molar-refractivity contribution in [2.75, 3.05) is 0 Å². The molecule has 0 saturated heterocycles. The summed E-state index contributed by atoms with van der Waals surface area (Å²) >= 11 is 0. The zero-order valence-electron chi connectivity index (χ0n) is 8.44. The highest BCUT2D eigenvalue weighted by Crippen LogP contribution is 2.30. The van der Waals surface area contributed by atoms with E-state index >= 15 is 0 Å². The molecule has 1 N–H and O–H groups in total. The molecular formula is C13H13NO. The molecule has 2 heteroatoms. The molecule has 2 nitrogen and oxygen atoms in total. The Morgan fingerprint density at radius 1 is 1.53 bits per heavy atom. The van der Waals surface area contributed by atoms with Crippen molar-refractivity contribution >= 4 is 6.29 Å². The second kappa shape index (κ2) is 4.29. The minimum atomic E-state index is -0.471. The van der Waals surface area contributed by atoms with Gasteiger partial charge in [-0.25, -0.2) is 0 Å². The van der Waals surface area contributed by atoms with Crippen molar-refractivity contribution in [2.45, 2.75) is 24.9 Å². The van der Waals surface area contributed by atoms with Crippen LogP contribution in [0.2, 0.25) is 0 Å². The predicted molar refractivity (Wildman–Crippen MR) is 59.3 cm³/mol. The molecule has 1 aliphatic carbocycles. The van der Waals surface area contributed by atoms with E-state index in [1.54, 1.807) is 0 Å². The number of nitrogens with one attached hydrogen (secondary N) is 1. The normalized spacial score (nSPS) is 20.3. The quantitative estimate of drug-likeness (QED) is 0.590. The van der Waals surface area contributed by atoms with E-state index in [-0.39, 0.29) is 6.04 Å². The number of terminal acetylenes is 1. The summed E-state index contributed by atoms with van der Waals surface area (Å²) in [7, 11) is 0. The maximum absolute atomic E-state index is 10.6. The second-order valence-corrected chi connectivity index (χ2v) is 3.74. The Bertz CT molecular complexity index is 405. The Hall–Kier alpha value is -1.59. The molecule has 1 aromatic rings. The summed E-state index contributed by atoms with van der Waals surface area (Å²) in [5, 5.41) is 3.17. The van der Waals surface area contributed by atoms with Gasteiger partial charge in [-0.2, -0.15) is 0 Å². The van der Waals surface area contributed by atoms with Crippen LogP contribution in [-0.2, 0) is 11.2 Å². The highest BCUT2D eigenvalue weighted by Gasteiger charge is 2.23. The minimum absolute atomic E-state index is 0.229. The van der Waals surface area contributed by atoms with Crippen molar-refractivity contribution in [3.63, 3.8) is 0 Å². The fourth-order valence-corrected chi connectivity index (χ4v) is 2.07. The van der Waals surface area contributed by atoms with Gasteiger partial charge in [-0.1, -0.05) is 30.2 Å². The summed E-state index contributed by atoms with van der Waals surface area (Å²) in [5.41, 5.74) is 2.64. The molecule has 0 aromatic heterocycles. The van der Waals surface area contributed by atoms with Crippen molar-refractivity contribution in [2.24, 2.45) is 0 Å². The van der Waals surface area contributed by atoms with Crippen LogP contribution in [0.5, 0.6) is 0 Å². The van der Waals surface area contributed by atoms with Crippen LogP contribution >= 0.6 is 0 Å². The van der Waals surface area contributed by atoms with Gasteiger partial charge in [0.2, 0.25) is 0 Å². The molecule has 1 aliphatic rings. The number of aldehydes is 1. The van der Waals surface area contributed by atoms with E-state index in [1.807, 2.05) is 12.1 Å². The molecular weight excluding hydrogens is 186 g/mol. The molecule has 0 spiro atoms. The van der Waals surface area contributed by atoms with Gasteiger partial charge in [-0.3, -0.25) is 5.32 Å². The Morgan fingerprint density at radius 2 is 2.33 bits per heavy atom. The number of fused-ring (bicyclic) bond motifs is 1. The molecule has 0 aliphatic heterocycles. The SMILES string of the molecule is C#C[C@H](C=O)N[C@@H]1CCc2ccccc21. The van der Waals surface area contributed by atoms with E-state index in [2.05, 4.69) is 23.4 Å². The zero-order chi connectivity index (χ0) is 10.7. The molecule has 1 aromatic carbocycles. The third kappa shape index (κ3) is 1.93. The summed E-state index contributed by atoms with van der Waals surface area (Å²) < 4.78 is 0. The zero-order valence-corrected chi connectivity index (χ0v) is 8.44. The lowest BCUT2D eigenvalue weighted by atomic mass is 10.1. The van der Waals surface area contributed by atoms with Crippen molar-refractivity contribution < 1.29 is 4.79 Å². The van der Waals surface area contributed by atoms with Gasteiger partial charge in [0.15, 0.2) is 0 Å². The summed E-state index contributed by atoms with van der Waals surface area (Å²) in [6.45, 7) is 0. The number of carbonyl (C=O) groups is 1. The first-order chi connectivity index (χ1) is 7.35. The van der Waals surface area contributed by atoms with Crippen LogP contribution in [0.25, 0.3) is 0 Å². The average molecular weight is 199 g/mol. The number of rotatable bonds is 3. The van der Waals surface area contributed by atoms with E-state index in [0.29, 0.717) is 0 Å². The van der Waals surface area contributed by atoms with Crippen LogP contribution < -0.4 is 5.32 Å². The first-order valence-corrected chi connectivity index (χ1v) is 5.10. The van der Waals surface area contributed by atoms with Crippen LogP contribution in [0.15, 0.2) is 24.3 Å². The molecule has 0 saturated carbocycles. The fourth-order valence-electron chi connectivity index (χ4n) is 2.07. The van der Waals surface area contributed by atoms with E-state index in [0.717, 1.165) is 19.1 Å². The highest BCUT2D eigenvalue weighted by molar-refractivity contribution is 5.63. The first-order valence-electron chi connectivity index (χ1n) is 5.10. The Morgan fingerprint density at radius 3 is 3.07 bits per heavy atom. The molecule has 0 amide bonds. The second-order valence-electron chi connectivity index (χ2n) is 3.74. The van der Waals surface area contributed by atoms with E-state index < -0.39 is 6.04 Å². The molecule has 0 fully saturated rings. The lowest BCUT2D eigenvalue weighted by Crippen LogP contribution is -2.31. The average Bonchev–Trinajstić information content (AvgIpc) is 2.69. The number of aryl methyl sites for hydroxylation is 1. The third-order valence-electron chi connectivity index (χ3n) is 2.83. The van der Waals surface area contributed by atoms with Crippen LogP contribution in [0.3, 0.4) is 0 Å². The minimum Gasteiger partial charge on any atom is -0.301 e. The molecule has 2 atom stereocenters. The van der Waals surface area contributed by atoms with Gasteiger partial charge in [-0.05, 0) is 24.0 Å². The molecule has 2 rings (SSSR count). The monoisotopic (exact) mass is 199 g/mol. The van der Waals surface area contributed by atoms with Crippen molar-refractivity contribution in [3.05, 3.63) is 35.4 Å². The van der Waals surface area contributed by atoms with Crippen molar-refractivity contribution in [3.8, 4) is 12.3 Å². The Kier molecular flexibility index (Phi) is 2.84. The first kappa shape index (κ1) is 9.95. The topological polar surface area (TPSA) is 29.1 Å². The van der Waals surface area contributed by atoms with Crippen LogP contribution in [0.1, 0.15) is 23.6 Å². The molecule has 0 heterocycles. The lowest BCUT2D eigenvalue weighted by molar-refractivity contribution is -0.108. The summed E-state index contributed by atoms with van der Waals surface area (Å²) in [4.78, 5) is 10.6. The summed E-state index contributed by atoms with van der Waals surface area (Å²) in [5.74, 6) is 2.43. The molecule has 15 heavy (non-hydrogen) atoms. The molecule has 0 bridgehead atoms. The molecule has 76 valence electrons. The predicted octanol–water partition coefficient (Wildman–Crippen LogP) is 1.46. The lowest BCUT2D eigenvalue weighted by Gasteiger charge is -2.15. The number of hydrogen-bond donors (Lipinski definition) is 1. The number of carbonyl (C=O) groups excluding carboxylic acids is 1. The molecule has 0 radical (unpaired) electrons. The van der Waals surface area contributed by atoms with E-state index in [1.165, 1.54) is 11.1 Å². The Balaban J connectivity index is 2.14. The van der Waals surface area contributed by atoms with E-state index in [4.69, 9.17) is 6.42 Å². The number of benzene rings is 1. The van der Waals surface area contributed by atoms with Gasteiger partial charge in [0.05, 0.1) is 0 Å².